The van der Waals surface area contributed by atoms with E-state index in [0.717, 1.165) is 5.39 Å². The fourth-order valence-electron chi connectivity index (χ4n) is 2.98. The molecule has 4 aromatic rings. The van der Waals surface area contributed by atoms with Crippen molar-refractivity contribution in [3.63, 3.8) is 0 Å². The maximum Gasteiger partial charge on any atom is 0.426 e. The first kappa shape index (κ1) is 18.7. The Kier molecular flexibility index (Phi) is 5.20. The minimum Gasteiger partial charge on any atom is -0.550 e. The highest BCUT2D eigenvalue weighted by molar-refractivity contribution is 6.80. The van der Waals surface area contributed by atoms with E-state index < -0.39 is 18.6 Å². The van der Waals surface area contributed by atoms with Crippen LogP contribution in [0.2, 0.25) is 10.0 Å². The van der Waals surface area contributed by atoms with Crippen molar-refractivity contribution in [3.05, 3.63) is 94.6 Å². The van der Waals surface area contributed by atoms with Crippen molar-refractivity contribution in [1.29, 1.82) is 0 Å². The van der Waals surface area contributed by atoms with Crippen LogP contribution in [0, 0.1) is 11.6 Å². The Hall–Kier alpha value is -2.63. The highest BCUT2D eigenvalue weighted by Gasteiger charge is 2.26. The van der Waals surface area contributed by atoms with Crippen LogP contribution in [0.15, 0.2) is 72.9 Å². The summed E-state index contributed by atoms with van der Waals surface area (Å²) in [4.78, 5) is 4.37. The first-order valence-corrected chi connectivity index (χ1v) is 9.19. The van der Waals surface area contributed by atoms with E-state index in [2.05, 4.69) is 4.98 Å². The smallest absolute Gasteiger partial charge is 0.426 e. The van der Waals surface area contributed by atoms with E-state index in [1.165, 1.54) is 24.3 Å². The summed E-state index contributed by atoms with van der Waals surface area (Å²) in [6, 6.07) is 18.0. The van der Waals surface area contributed by atoms with Crippen LogP contribution in [-0.2, 0) is 0 Å². The van der Waals surface area contributed by atoms with E-state index in [-0.39, 0.29) is 10.0 Å². The van der Waals surface area contributed by atoms with E-state index in [9.17, 15) is 8.78 Å². The second-order valence-corrected chi connectivity index (χ2v) is 6.99. The van der Waals surface area contributed by atoms with Crippen LogP contribution in [-0.4, -0.2) is 11.9 Å². The average Bonchev–Trinajstić information content (AvgIpc) is 2.70. The predicted molar refractivity (Wildman–Crippen MR) is 110 cm³/mol. The summed E-state index contributed by atoms with van der Waals surface area (Å²) in [5, 5.41) is 0.886. The van der Waals surface area contributed by atoms with E-state index in [1.807, 2.05) is 24.3 Å². The van der Waals surface area contributed by atoms with Gasteiger partial charge in [0, 0.05) is 11.6 Å². The number of hydrogen-bond acceptors (Lipinski definition) is 2. The highest BCUT2D eigenvalue weighted by Crippen LogP contribution is 2.24. The molecule has 4 rings (SSSR count). The quantitative estimate of drug-likeness (QED) is 0.439. The number of pyridine rings is 1. The lowest BCUT2D eigenvalue weighted by atomic mass is 9.55. The van der Waals surface area contributed by atoms with Crippen LogP contribution in [0.1, 0.15) is 0 Å². The summed E-state index contributed by atoms with van der Waals surface area (Å²) in [6.07, 6.45) is 1.66. The molecule has 0 aliphatic carbocycles. The number of para-hydroxylation sites is 1. The maximum absolute atomic E-state index is 14.1. The van der Waals surface area contributed by atoms with Gasteiger partial charge in [-0.05, 0) is 47.3 Å². The topological polar surface area (TPSA) is 22.1 Å². The number of hydrogen-bond donors (Lipinski definition) is 0. The summed E-state index contributed by atoms with van der Waals surface area (Å²) in [7, 11) is 0. The van der Waals surface area contributed by atoms with Crippen molar-refractivity contribution >= 4 is 51.9 Å². The van der Waals surface area contributed by atoms with Gasteiger partial charge in [-0.1, -0.05) is 53.5 Å². The Morgan fingerprint density at radius 2 is 1.39 bits per heavy atom. The zero-order chi connectivity index (χ0) is 19.7. The third kappa shape index (κ3) is 3.68. The maximum atomic E-state index is 14.1. The molecule has 3 aromatic carbocycles. The summed E-state index contributed by atoms with van der Waals surface area (Å²) < 4.78 is 34.4. The fourth-order valence-corrected chi connectivity index (χ4v) is 3.21. The molecule has 28 heavy (non-hydrogen) atoms. The van der Waals surface area contributed by atoms with Crippen LogP contribution >= 0.6 is 23.2 Å². The van der Waals surface area contributed by atoms with E-state index in [1.54, 1.807) is 24.4 Å². The van der Waals surface area contributed by atoms with Gasteiger partial charge in [-0.25, -0.2) is 8.78 Å². The lowest BCUT2D eigenvalue weighted by molar-refractivity contribution is 0.594. The van der Waals surface area contributed by atoms with Gasteiger partial charge in [0.25, 0.3) is 0 Å². The monoisotopic (exact) mass is 413 g/mol. The van der Waals surface area contributed by atoms with Gasteiger partial charge in [-0.2, -0.15) is 0 Å². The minimum absolute atomic E-state index is 0.00313. The normalized spacial score (nSPS) is 10.9. The van der Waals surface area contributed by atoms with Crippen LogP contribution in [0.5, 0.6) is 5.75 Å². The van der Waals surface area contributed by atoms with Crippen LogP contribution in [0.25, 0.3) is 10.9 Å². The van der Waals surface area contributed by atoms with E-state index in [4.69, 9.17) is 27.9 Å². The summed E-state index contributed by atoms with van der Waals surface area (Å²) in [5.74, 6) is -0.676. The molecule has 2 nitrogen and oxygen atoms in total. The Labute approximate surface area is 170 Å². The molecular formula is C21H12BCl2F2NO. The molecule has 138 valence electrons. The highest BCUT2D eigenvalue weighted by atomic mass is 35.5. The molecule has 1 aromatic heterocycles. The van der Waals surface area contributed by atoms with Gasteiger partial charge in [0.1, 0.15) is 22.9 Å². The Balaban J connectivity index is 1.84. The number of rotatable bonds is 4. The molecule has 7 heteroatoms. The number of fused-ring (bicyclic) bond motifs is 1. The van der Waals surface area contributed by atoms with Gasteiger partial charge < -0.3 is 4.65 Å². The summed E-state index contributed by atoms with van der Waals surface area (Å²) in [6.45, 7) is -0.786. The van der Waals surface area contributed by atoms with Crippen LogP contribution < -0.4 is 15.6 Å². The molecule has 0 unspecified atom stereocenters. The van der Waals surface area contributed by atoms with Crippen LogP contribution in [0.4, 0.5) is 8.78 Å². The van der Waals surface area contributed by atoms with Crippen molar-refractivity contribution < 1.29 is 13.4 Å². The molecule has 0 N–H and O–H groups in total. The zero-order valence-electron chi connectivity index (χ0n) is 14.4. The Morgan fingerprint density at radius 3 is 2.00 bits per heavy atom. The van der Waals surface area contributed by atoms with Gasteiger partial charge in [0.2, 0.25) is 0 Å². The van der Waals surface area contributed by atoms with Gasteiger partial charge in [-0.3, -0.25) is 4.98 Å². The zero-order valence-corrected chi connectivity index (χ0v) is 15.9. The van der Waals surface area contributed by atoms with E-state index >= 15 is 0 Å². The van der Waals surface area contributed by atoms with E-state index in [0.29, 0.717) is 22.2 Å². The van der Waals surface area contributed by atoms with Crippen molar-refractivity contribution in [1.82, 2.24) is 4.98 Å². The van der Waals surface area contributed by atoms with Gasteiger partial charge in [0.15, 0.2) is 0 Å². The van der Waals surface area contributed by atoms with Crippen molar-refractivity contribution in [2.75, 3.05) is 0 Å². The number of benzene rings is 3. The molecule has 0 atom stereocenters. The van der Waals surface area contributed by atoms with Gasteiger partial charge >= 0.3 is 6.92 Å². The summed E-state index contributed by atoms with van der Waals surface area (Å²) in [5.41, 5.74) is 1.62. The largest absolute Gasteiger partial charge is 0.550 e. The third-order valence-electron chi connectivity index (χ3n) is 4.33. The molecule has 0 saturated heterocycles. The molecular weight excluding hydrogens is 402 g/mol. The van der Waals surface area contributed by atoms with Gasteiger partial charge in [0.05, 0.1) is 10.0 Å². The molecule has 0 fully saturated rings. The van der Waals surface area contributed by atoms with Crippen molar-refractivity contribution in [2.45, 2.75) is 0 Å². The number of halogens is 4. The molecule has 0 bridgehead atoms. The fraction of sp³-hybridized carbons (Fsp3) is 0. The molecule has 0 amide bonds. The first-order valence-electron chi connectivity index (χ1n) is 8.43. The van der Waals surface area contributed by atoms with Crippen molar-refractivity contribution in [2.24, 2.45) is 0 Å². The molecule has 0 aliphatic rings. The molecule has 0 saturated carbocycles. The third-order valence-corrected chi connectivity index (χ3v) is 4.95. The van der Waals surface area contributed by atoms with Crippen LogP contribution in [0.3, 0.4) is 0 Å². The Morgan fingerprint density at radius 1 is 0.786 bits per heavy atom. The molecule has 0 spiro atoms. The first-order chi connectivity index (χ1) is 13.5. The number of nitrogens with zero attached hydrogens (tertiary/aromatic N) is 1. The standard InChI is InChI=1S/C21H12BCl2F2NO/c23-16-8-6-14(11-18(16)25)22(15-7-9-17(24)19(26)12-15)28-20-5-1-3-13-4-2-10-27-21(13)20/h1-12H. The summed E-state index contributed by atoms with van der Waals surface area (Å²) >= 11 is 11.6. The number of aromatic nitrogens is 1. The average molecular weight is 414 g/mol. The SMILES string of the molecule is Fc1cc(B(Oc2cccc3cccnc23)c2ccc(Cl)c(F)c2)ccc1Cl. The second-order valence-electron chi connectivity index (χ2n) is 6.18. The Bertz CT molecular complexity index is 1120. The second kappa shape index (κ2) is 7.78. The predicted octanol–water partition coefficient (Wildman–Crippen LogP) is 5.00. The van der Waals surface area contributed by atoms with Gasteiger partial charge in [-0.15, -0.1) is 0 Å². The van der Waals surface area contributed by atoms with Crippen molar-refractivity contribution in [3.8, 4) is 5.75 Å². The lowest BCUT2D eigenvalue weighted by Gasteiger charge is -2.18. The lowest BCUT2D eigenvalue weighted by Crippen LogP contribution is -2.48. The molecule has 0 radical (unpaired) electrons. The molecule has 0 aliphatic heterocycles. The minimum atomic E-state index is -0.786. The molecule has 1 heterocycles.